The Kier molecular flexibility index (Phi) is 7.66. The number of rotatable bonds is 6. The van der Waals surface area contributed by atoms with E-state index in [1.807, 2.05) is 37.8 Å². The second kappa shape index (κ2) is 10.9. The molecule has 40 heavy (non-hydrogen) atoms. The number of urea groups is 1. The fourth-order valence-corrected chi connectivity index (χ4v) is 6.04. The number of aliphatic hydroxyl groups is 1. The molecule has 3 N–H and O–H groups in total. The van der Waals surface area contributed by atoms with E-state index in [4.69, 9.17) is 0 Å². The normalized spacial score (nSPS) is 22.1. The third kappa shape index (κ3) is 6.33. The minimum absolute atomic E-state index is 0.0713. The van der Waals surface area contributed by atoms with Gasteiger partial charge in [-0.15, -0.1) is 0 Å². The number of hydrogen-bond donors (Lipinski definition) is 3. The highest BCUT2D eigenvalue weighted by Crippen LogP contribution is 2.47. The molecule has 0 saturated heterocycles. The molecule has 2 aromatic carbocycles. The minimum Gasteiger partial charge on any atom is -0.386 e. The fourth-order valence-electron chi connectivity index (χ4n) is 6.04. The van der Waals surface area contributed by atoms with Crippen molar-refractivity contribution in [1.29, 1.82) is 0 Å². The molecule has 6 heteroatoms. The van der Waals surface area contributed by atoms with Crippen LogP contribution in [0.25, 0.3) is 11.1 Å². The van der Waals surface area contributed by atoms with Crippen LogP contribution in [0, 0.1) is 17.8 Å². The second-order valence-electron chi connectivity index (χ2n) is 13.2. The van der Waals surface area contributed by atoms with Crippen molar-refractivity contribution in [1.82, 2.24) is 15.5 Å². The first-order chi connectivity index (χ1) is 18.9. The zero-order chi connectivity index (χ0) is 28.7. The van der Waals surface area contributed by atoms with Crippen LogP contribution < -0.4 is 10.6 Å². The zero-order valence-electron chi connectivity index (χ0n) is 24.5. The molecule has 212 valence electrons. The van der Waals surface area contributed by atoms with E-state index in [0.717, 1.165) is 47.1 Å². The topological polar surface area (TPSA) is 81.7 Å². The van der Waals surface area contributed by atoms with Gasteiger partial charge in [-0.1, -0.05) is 54.6 Å². The Morgan fingerprint density at radius 1 is 1.05 bits per heavy atom. The average Bonchev–Trinajstić information content (AvgIpc) is 3.72. The number of benzene rings is 2. The van der Waals surface area contributed by atoms with Gasteiger partial charge in [-0.3, -0.25) is 4.79 Å². The van der Waals surface area contributed by atoms with Crippen LogP contribution in [0.4, 0.5) is 4.79 Å². The summed E-state index contributed by atoms with van der Waals surface area (Å²) in [5, 5.41) is 16.9. The van der Waals surface area contributed by atoms with Crippen molar-refractivity contribution in [2.45, 2.75) is 78.1 Å². The molecule has 2 aromatic rings. The van der Waals surface area contributed by atoms with Crippen molar-refractivity contribution in [3.05, 3.63) is 83.0 Å². The fraction of sp³-hybridized carbons (Fsp3) is 0.471. The van der Waals surface area contributed by atoms with Crippen molar-refractivity contribution >= 4 is 11.9 Å². The van der Waals surface area contributed by atoms with Crippen molar-refractivity contribution in [3.63, 3.8) is 0 Å². The van der Waals surface area contributed by atoms with Gasteiger partial charge >= 0.3 is 6.03 Å². The third-order valence-electron chi connectivity index (χ3n) is 8.35. The van der Waals surface area contributed by atoms with Crippen LogP contribution in [-0.2, 0) is 29.9 Å². The molecule has 2 unspecified atom stereocenters. The summed E-state index contributed by atoms with van der Waals surface area (Å²) in [7, 11) is 0. The van der Waals surface area contributed by atoms with Gasteiger partial charge < -0.3 is 20.6 Å². The predicted octanol–water partition coefficient (Wildman–Crippen LogP) is 5.83. The summed E-state index contributed by atoms with van der Waals surface area (Å²) in [6, 6.07) is 12.2. The van der Waals surface area contributed by atoms with Crippen LogP contribution in [0.5, 0.6) is 0 Å². The van der Waals surface area contributed by atoms with Gasteiger partial charge in [-0.2, -0.15) is 0 Å². The van der Waals surface area contributed by atoms with Gasteiger partial charge in [-0.05, 0) is 105 Å². The Labute approximate surface area is 238 Å². The lowest BCUT2D eigenvalue weighted by molar-refractivity contribution is -0.122. The standard InChI is InChI=1S/C34H43N3O3/c1-33(2,3)36-32(39)37-17-16-27-26(23-12-9-13-25(18-23)34(4,5)40)15-14-24(30(27)21-37)20-35-31(38)29-19-28(29)22-10-7-6-8-11-22/h6-10,12-15,18,22,28-29,40H,11,16-17,19-21H2,1-5H3,(H,35,38)(H,36,39)/t22?,28-,29?/m0/s1. The molecule has 0 radical (unpaired) electrons. The van der Waals surface area contributed by atoms with Gasteiger partial charge in [-0.25, -0.2) is 4.79 Å². The summed E-state index contributed by atoms with van der Waals surface area (Å²) in [5.41, 5.74) is 5.14. The number of fused-ring (bicyclic) bond motifs is 1. The van der Waals surface area contributed by atoms with Gasteiger partial charge in [0.15, 0.2) is 0 Å². The van der Waals surface area contributed by atoms with E-state index < -0.39 is 5.60 Å². The molecule has 0 spiro atoms. The largest absolute Gasteiger partial charge is 0.386 e. The Morgan fingerprint density at radius 3 is 2.55 bits per heavy atom. The number of hydrogen-bond acceptors (Lipinski definition) is 3. The number of allylic oxidation sites excluding steroid dienone is 4. The second-order valence-corrected chi connectivity index (χ2v) is 13.2. The van der Waals surface area contributed by atoms with E-state index in [9.17, 15) is 14.7 Å². The maximum atomic E-state index is 13.1. The van der Waals surface area contributed by atoms with Crippen molar-refractivity contribution in [2.24, 2.45) is 17.8 Å². The van der Waals surface area contributed by atoms with Crippen LogP contribution in [0.3, 0.4) is 0 Å². The van der Waals surface area contributed by atoms with Crippen LogP contribution in [-0.4, -0.2) is 34.0 Å². The zero-order valence-corrected chi connectivity index (χ0v) is 24.5. The first-order valence-electron chi connectivity index (χ1n) is 14.6. The smallest absolute Gasteiger partial charge is 0.318 e. The van der Waals surface area contributed by atoms with Gasteiger partial charge in [0, 0.05) is 31.1 Å². The van der Waals surface area contributed by atoms with Crippen molar-refractivity contribution < 1.29 is 14.7 Å². The van der Waals surface area contributed by atoms with Gasteiger partial charge in [0.2, 0.25) is 5.91 Å². The van der Waals surface area contributed by atoms with E-state index in [-0.39, 0.29) is 23.4 Å². The van der Waals surface area contributed by atoms with Crippen LogP contribution in [0.15, 0.2) is 60.7 Å². The van der Waals surface area contributed by atoms with Gasteiger partial charge in [0.05, 0.1) is 5.60 Å². The van der Waals surface area contributed by atoms with Crippen molar-refractivity contribution in [2.75, 3.05) is 6.54 Å². The monoisotopic (exact) mass is 541 g/mol. The number of amides is 3. The Hall–Kier alpha value is -3.38. The average molecular weight is 542 g/mol. The molecular weight excluding hydrogens is 498 g/mol. The summed E-state index contributed by atoms with van der Waals surface area (Å²) in [6.07, 6.45) is 11.3. The lowest BCUT2D eigenvalue weighted by Crippen LogP contribution is -2.50. The summed E-state index contributed by atoms with van der Waals surface area (Å²) in [5.74, 6) is 1.09. The Morgan fingerprint density at radius 2 is 1.85 bits per heavy atom. The van der Waals surface area contributed by atoms with E-state index >= 15 is 0 Å². The van der Waals surface area contributed by atoms with Gasteiger partial charge in [0.25, 0.3) is 0 Å². The molecule has 2 aliphatic carbocycles. The minimum atomic E-state index is -0.938. The molecule has 0 aromatic heterocycles. The molecule has 1 aliphatic heterocycles. The summed E-state index contributed by atoms with van der Waals surface area (Å²) in [4.78, 5) is 28.1. The molecule has 1 fully saturated rings. The van der Waals surface area contributed by atoms with E-state index in [1.165, 1.54) is 5.56 Å². The Balaban J connectivity index is 1.39. The molecule has 1 heterocycles. The van der Waals surface area contributed by atoms with Gasteiger partial charge in [0.1, 0.15) is 0 Å². The lowest BCUT2D eigenvalue weighted by Gasteiger charge is -2.34. The maximum Gasteiger partial charge on any atom is 0.318 e. The number of carbonyl (C=O) groups excluding carboxylic acids is 2. The highest BCUT2D eigenvalue weighted by Gasteiger charge is 2.46. The molecule has 1 saturated carbocycles. The molecule has 6 nitrogen and oxygen atoms in total. The predicted molar refractivity (Wildman–Crippen MR) is 159 cm³/mol. The quantitative estimate of drug-likeness (QED) is 0.430. The lowest BCUT2D eigenvalue weighted by atomic mass is 9.86. The van der Waals surface area contributed by atoms with E-state index in [1.54, 1.807) is 13.8 Å². The Bertz CT molecular complexity index is 1350. The van der Waals surface area contributed by atoms with E-state index in [0.29, 0.717) is 31.5 Å². The highest BCUT2D eigenvalue weighted by molar-refractivity contribution is 5.82. The molecule has 5 rings (SSSR count). The first-order valence-corrected chi connectivity index (χ1v) is 14.6. The first kappa shape index (κ1) is 28.2. The highest BCUT2D eigenvalue weighted by atomic mass is 16.3. The van der Waals surface area contributed by atoms with Crippen LogP contribution in [0.2, 0.25) is 0 Å². The molecule has 3 amide bonds. The SMILES string of the molecule is CC(C)(C)NC(=O)N1CCc2c(-c3cccc(C(C)(C)O)c3)ccc(CNC(=O)C3C[C@H]3C3C=CC=CC3)c2C1. The molecule has 3 atom stereocenters. The number of nitrogens with zero attached hydrogens (tertiary/aromatic N) is 1. The number of carbonyl (C=O) groups is 2. The van der Waals surface area contributed by atoms with Crippen LogP contribution >= 0.6 is 0 Å². The van der Waals surface area contributed by atoms with Crippen molar-refractivity contribution in [3.8, 4) is 11.1 Å². The number of nitrogens with one attached hydrogen (secondary N) is 2. The molecular formula is C34H43N3O3. The van der Waals surface area contributed by atoms with Crippen LogP contribution in [0.1, 0.15) is 69.7 Å². The summed E-state index contributed by atoms with van der Waals surface area (Å²) < 4.78 is 0. The molecule has 3 aliphatic rings. The third-order valence-corrected chi connectivity index (χ3v) is 8.35. The summed E-state index contributed by atoms with van der Waals surface area (Å²) >= 11 is 0. The summed E-state index contributed by atoms with van der Waals surface area (Å²) in [6.45, 7) is 11.1. The molecule has 0 bridgehead atoms. The van der Waals surface area contributed by atoms with E-state index in [2.05, 4.69) is 59.2 Å². The maximum absolute atomic E-state index is 13.1.